The topological polar surface area (TPSA) is 20.7 Å². The van der Waals surface area contributed by atoms with Crippen molar-refractivity contribution in [2.24, 2.45) is 0 Å². The summed E-state index contributed by atoms with van der Waals surface area (Å²) < 4.78 is 4.06. The molecule has 0 atom stereocenters. The molecule has 1 aromatic carbocycles. The number of aryl methyl sites for hydroxylation is 1. The number of halogens is 1. The van der Waals surface area contributed by atoms with Crippen LogP contribution in [0.15, 0.2) is 22.7 Å². The van der Waals surface area contributed by atoms with Gasteiger partial charge < -0.3 is 9.55 Å². The lowest BCUT2D eigenvalue weighted by molar-refractivity contribution is 0.639. The monoisotopic (exact) mass is 284 g/mol. The van der Waals surface area contributed by atoms with Gasteiger partial charge in [0.05, 0.1) is 11.0 Å². The van der Waals surface area contributed by atoms with E-state index in [4.69, 9.17) is 12.2 Å². The summed E-state index contributed by atoms with van der Waals surface area (Å²) >= 11 is 8.76. The van der Waals surface area contributed by atoms with Crippen molar-refractivity contribution < 1.29 is 0 Å². The number of hydrogen-bond acceptors (Lipinski definition) is 1. The standard InChI is InChI=1S/C11H13BrN2S/c1-2-3-6-14-10-5-4-8(12)7-9(10)13-11(14)15/h4-5,7H,2-3,6H2,1H3,(H,13,15). The first-order chi connectivity index (χ1) is 7.22. The van der Waals surface area contributed by atoms with Crippen LogP contribution in [0.2, 0.25) is 0 Å². The largest absolute Gasteiger partial charge is 0.331 e. The summed E-state index contributed by atoms with van der Waals surface area (Å²) in [5, 5.41) is 0. The molecule has 2 rings (SSSR count). The predicted octanol–water partition coefficient (Wildman–Crippen LogP) is 4.26. The van der Waals surface area contributed by atoms with Crippen LogP contribution in [0.4, 0.5) is 0 Å². The third-order valence-electron chi connectivity index (χ3n) is 2.47. The maximum absolute atomic E-state index is 5.30. The molecule has 0 saturated carbocycles. The Morgan fingerprint density at radius 3 is 3.00 bits per heavy atom. The van der Waals surface area contributed by atoms with E-state index >= 15 is 0 Å². The fourth-order valence-electron chi connectivity index (χ4n) is 1.67. The zero-order chi connectivity index (χ0) is 10.8. The number of imidazole rings is 1. The van der Waals surface area contributed by atoms with Crippen LogP contribution in [-0.4, -0.2) is 9.55 Å². The van der Waals surface area contributed by atoms with Gasteiger partial charge in [0.25, 0.3) is 0 Å². The van der Waals surface area contributed by atoms with Crippen LogP contribution in [0.3, 0.4) is 0 Å². The molecular formula is C11H13BrN2S. The van der Waals surface area contributed by atoms with Crippen molar-refractivity contribution in [3.63, 3.8) is 0 Å². The number of aromatic amines is 1. The molecule has 0 unspecified atom stereocenters. The number of rotatable bonds is 3. The molecule has 4 heteroatoms. The van der Waals surface area contributed by atoms with E-state index < -0.39 is 0 Å². The number of nitrogens with zero attached hydrogens (tertiary/aromatic N) is 1. The molecular weight excluding hydrogens is 272 g/mol. The van der Waals surface area contributed by atoms with Gasteiger partial charge in [0.2, 0.25) is 0 Å². The van der Waals surface area contributed by atoms with E-state index in [9.17, 15) is 0 Å². The number of benzene rings is 1. The minimum absolute atomic E-state index is 0.816. The third kappa shape index (κ3) is 2.16. The maximum atomic E-state index is 5.30. The van der Waals surface area contributed by atoms with Crippen molar-refractivity contribution >= 4 is 39.2 Å². The molecule has 1 N–H and O–H groups in total. The van der Waals surface area contributed by atoms with E-state index in [1.165, 1.54) is 11.9 Å². The highest BCUT2D eigenvalue weighted by Crippen LogP contribution is 2.19. The molecule has 1 heterocycles. The van der Waals surface area contributed by atoms with Crippen LogP contribution >= 0.6 is 28.1 Å². The van der Waals surface area contributed by atoms with Gasteiger partial charge in [-0.15, -0.1) is 0 Å². The van der Waals surface area contributed by atoms with Gasteiger partial charge in [-0.3, -0.25) is 0 Å². The Morgan fingerprint density at radius 1 is 1.47 bits per heavy atom. The third-order valence-corrected chi connectivity index (χ3v) is 3.29. The first kappa shape index (κ1) is 10.9. The van der Waals surface area contributed by atoms with Gasteiger partial charge in [-0.05, 0) is 36.8 Å². The number of fused-ring (bicyclic) bond motifs is 1. The highest BCUT2D eigenvalue weighted by molar-refractivity contribution is 9.10. The minimum Gasteiger partial charge on any atom is -0.331 e. The molecule has 0 fully saturated rings. The molecule has 0 aliphatic heterocycles. The fraction of sp³-hybridized carbons (Fsp3) is 0.364. The van der Waals surface area contributed by atoms with Crippen LogP contribution in [-0.2, 0) is 6.54 Å². The molecule has 1 aromatic heterocycles. The summed E-state index contributed by atoms with van der Waals surface area (Å²) in [6, 6.07) is 6.21. The second kappa shape index (κ2) is 4.49. The molecule has 80 valence electrons. The van der Waals surface area contributed by atoms with E-state index in [2.05, 4.69) is 44.5 Å². The van der Waals surface area contributed by atoms with Crippen LogP contribution in [0, 0.1) is 4.77 Å². The smallest absolute Gasteiger partial charge is 0.178 e. The molecule has 0 aliphatic rings. The summed E-state index contributed by atoms with van der Waals surface area (Å²) in [5.74, 6) is 0. The van der Waals surface area contributed by atoms with Crippen LogP contribution < -0.4 is 0 Å². The highest BCUT2D eigenvalue weighted by atomic mass is 79.9. The van der Waals surface area contributed by atoms with Crippen molar-refractivity contribution in [3.05, 3.63) is 27.4 Å². The van der Waals surface area contributed by atoms with Gasteiger partial charge >= 0.3 is 0 Å². The summed E-state index contributed by atoms with van der Waals surface area (Å²) in [6.45, 7) is 3.19. The quantitative estimate of drug-likeness (QED) is 0.836. The lowest BCUT2D eigenvalue weighted by atomic mass is 10.3. The zero-order valence-corrected chi connectivity index (χ0v) is 11.0. The second-order valence-corrected chi connectivity index (χ2v) is 4.90. The van der Waals surface area contributed by atoms with Crippen molar-refractivity contribution in [1.29, 1.82) is 0 Å². The Kier molecular flexibility index (Phi) is 3.26. The molecule has 0 aliphatic carbocycles. The van der Waals surface area contributed by atoms with Crippen molar-refractivity contribution in [2.75, 3.05) is 0 Å². The number of hydrogen-bond donors (Lipinski definition) is 1. The molecule has 15 heavy (non-hydrogen) atoms. The van der Waals surface area contributed by atoms with Gasteiger partial charge in [-0.1, -0.05) is 29.3 Å². The first-order valence-corrected chi connectivity index (χ1v) is 6.30. The SMILES string of the molecule is CCCCn1c(=S)[nH]c2cc(Br)ccc21. The van der Waals surface area contributed by atoms with E-state index in [0.717, 1.165) is 27.7 Å². The lowest BCUT2D eigenvalue weighted by Gasteiger charge is -2.02. The van der Waals surface area contributed by atoms with Crippen LogP contribution in [0.1, 0.15) is 19.8 Å². The van der Waals surface area contributed by atoms with Crippen molar-refractivity contribution in [2.45, 2.75) is 26.3 Å². The molecule has 2 nitrogen and oxygen atoms in total. The average molecular weight is 285 g/mol. The number of aromatic nitrogens is 2. The van der Waals surface area contributed by atoms with Gasteiger partial charge in [-0.25, -0.2) is 0 Å². The van der Waals surface area contributed by atoms with Crippen LogP contribution in [0.5, 0.6) is 0 Å². The molecule has 0 bridgehead atoms. The Labute approximate surface area is 102 Å². The van der Waals surface area contributed by atoms with E-state index in [1.54, 1.807) is 0 Å². The molecule has 0 amide bonds. The Morgan fingerprint density at radius 2 is 2.27 bits per heavy atom. The van der Waals surface area contributed by atoms with E-state index in [0.29, 0.717) is 0 Å². The molecule has 0 spiro atoms. The normalized spacial score (nSPS) is 11.1. The zero-order valence-electron chi connectivity index (χ0n) is 8.59. The van der Waals surface area contributed by atoms with Crippen LogP contribution in [0.25, 0.3) is 11.0 Å². The maximum Gasteiger partial charge on any atom is 0.178 e. The van der Waals surface area contributed by atoms with Gasteiger partial charge in [-0.2, -0.15) is 0 Å². The van der Waals surface area contributed by atoms with Gasteiger partial charge in [0.15, 0.2) is 4.77 Å². The van der Waals surface area contributed by atoms with Gasteiger partial charge in [0, 0.05) is 11.0 Å². The number of unbranched alkanes of at least 4 members (excludes halogenated alkanes) is 1. The summed E-state index contributed by atoms with van der Waals surface area (Å²) in [4.78, 5) is 3.22. The molecule has 0 radical (unpaired) electrons. The fourth-order valence-corrected chi connectivity index (χ4v) is 2.33. The highest BCUT2D eigenvalue weighted by Gasteiger charge is 2.03. The average Bonchev–Trinajstić information content (AvgIpc) is 2.50. The first-order valence-electron chi connectivity index (χ1n) is 5.10. The summed E-state index contributed by atoms with van der Waals surface area (Å²) in [7, 11) is 0. The Hall–Kier alpha value is -0.610. The number of nitrogens with one attached hydrogen (secondary N) is 1. The van der Waals surface area contributed by atoms with E-state index in [1.807, 2.05) is 6.07 Å². The minimum atomic E-state index is 0.816. The lowest BCUT2D eigenvalue weighted by Crippen LogP contribution is -1.96. The predicted molar refractivity (Wildman–Crippen MR) is 69.7 cm³/mol. The summed E-state index contributed by atoms with van der Waals surface area (Å²) in [5.41, 5.74) is 2.29. The number of H-pyrrole nitrogens is 1. The second-order valence-electron chi connectivity index (χ2n) is 3.60. The van der Waals surface area contributed by atoms with Crippen molar-refractivity contribution in [3.8, 4) is 0 Å². The van der Waals surface area contributed by atoms with Crippen molar-refractivity contribution in [1.82, 2.24) is 9.55 Å². The molecule has 0 saturated heterocycles. The van der Waals surface area contributed by atoms with E-state index in [-0.39, 0.29) is 0 Å². The summed E-state index contributed by atoms with van der Waals surface area (Å²) in [6.07, 6.45) is 2.35. The molecule has 2 aromatic rings. The Bertz CT molecular complexity index is 527. The Balaban J connectivity index is 2.53. The van der Waals surface area contributed by atoms with Gasteiger partial charge in [0.1, 0.15) is 0 Å².